The van der Waals surface area contributed by atoms with Gasteiger partial charge in [-0.05, 0) is 19.3 Å². The Morgan fingerprint density at radius 3 is 1.83 bits per heavy atom. The number of carboxylic acids is 1. The van der Waals surface area contributed by atoms with Crippen LogP contribution in [0.1, 0.15) is 77.6 Å². The van der Waals surface area contributed by atoms with E-state index in [0.29, 0.717) is 25.9 Å². The first kappa shape index (κ1) is 24.1. The van der Waals surface area contributed by atoms with Gasteiger partial charge in [0.25, 0.3) is 0 Å². The number of ether oxygens (including phenoxy) is 1. The lowest BCUT2D eigenvalue weighted by Gasteiger charge is -2.04. The summed E-state index contributed by atoms with van der Waals surface area (Å²) in [7, 11) is 0. The van der Waals surface area contributed by atoms with E-state index in [4.69, 9.17) is 20.1 Å². The van der Waals surface area contributed by atoms with E-state index >= 15 is 0 Å². The molecule has 0 fully saturated rings. The molecule has 0 aliphatic carbocycles. The molecule has 138 valence electrons. The van der Waals surface area contributed by atoms with Crippen molar-refractivity contribution in [2.24, 2.45) is 0 Å². The summed E-state index contributed by atoms with van der Waals surface area (Å²) in [6, 6.07) is 0. The topological polar surface area (TPSA) is 104 Å². The van der Waals surface area contributed by atoms with Crippen LogP contribution in [-0.4, -0.2) is 47.1 Å². The van der Waals surface area contributed by atoms with E-state index in [1.54, 1.807) is 0 Å². The molecule has 6 heteroatoms. The van der Waals surface area contributed by atoms with Crippen molar-refractivity contribution in [2.45, 2.75) is 77.6 Å². The van der Waals surface area contributed by atoms with Gasteiger partial charge in [0.15, 0.2) is 0 Å². The van der Waals surface area contributed by atoms with Crippen LogP contribution in [0.4, 0.5) is 0 Å². The van der Waals surface area contributed by atoms with Crippen molar-refractivity contribution < 1.29 is 29.6 Å². The molecule has 0 aliphatic rings. The van der Waals surface area contributed by atoms with Crippen LogP contribution in [0.3, 0.4) is 0 Å². The second-order valence-electron chi connectivity index (χ2n) is 5.39. The first-order valence-corrected chi connectivity index (χ1v) is 8.67. The highest BCUT2D eigenvalue weighted by molar-refractivity contribution is 5.69. The van der Waals surface area contributed by atoms with Gasteiger partial charge in [0, 0.05) is 12.8 Å². The first-order valence-electron chi connectivity index (χ1n) is 8.67. The van der Waals surface area contributed by atoms with Crippen LogP contribution in [0.2, 0.25) is 0 Å². The number of carboxylic acid groups (broad SMARTS) is 1. The molecule has 0 rings (SSSR count). The third-order valence-electron chi connectivity index (χ3n) is 3.13. The van der Waals surface area contributed by atoms with Crippen molar-refractivity contribution in [3.63, 3.8) is 0 Å². The number of rotatable bonds is 14. The Morgan fingerprint density at radius 2 is 1.30 bits per heavy atom. The standard InChI is InChI=1S/C15H28O4.C2H6O2/c1-2-3-4-5-6-7-10-13-19-15(18)12-9-8-11-14(16)17;3-1-2-4/h2-13H2,1H3,(H,16,17);3-4H,1-2H2. The maximum Gasteiger partial charge on any atom is 0.305 e. The maximum atomic E-state index is 11.3. The van der Waals surface area contributed by atoms with Gasteiger partial charge in [-0.15, -0.1) is 0 Å². The van der Waals surface area contributed by atoms with Crippen LogP contribution in [0.25, 0.3) is 0 Å². The molecule has 0 amide bonds. The van der Waals surface area contributed by atoms with E-state index in [1.807, 2.05) is 0 Å². The Morgan fingerprint density at radius 1 is 0.783 bits per heavy atom. The van der Waals surface area contributed by atoms with Gasteiger partial charge in [-0.2, -0.15) is 0 Å². The Kier molecular flexibility index (Phi) is 21.9. The largest absolute Gasteiger partial charge is 0.481 e. The number of hydrogen-bond donors (Lipinski definition) is 3. The fourth-order valence-corrected chi connectivity index (χ4v) is 1.86. The van der Waals surface area contributed by atoms with Crippen LogP contribution in [0, 0.1) is 0 Å². The van der Waals surface area contributed by atoms with E-state index in [9.17, 15) is 9.59 Å². The predicted molar refractivity (Wildman–Crippen MR) is 89.2 cm³/mol. The van der Waals surface area contributed by atoms with Crippen molar-refractivity contribution in [3.8, 4) is 0 Å². The number of hydrogen-bond acceptors (Lipinski definition) is 5. The summed E-state index contributed by atoms with van der Waals surface area (Å²) in [6.45, 7) is 2.46. The molecule has 0 heterocycles. The predicted octanol–water partition coefficient (Wildman–Crippen LogP) is 2.90. The van der Waals surface area contributed by atoms with Gasteiger partial charge in [-0.3, -0.25) is 9.59 Å². The number of unbranched alkanes of at least 4 members (excludes halogenated alkanes) is 7. The van der Waals surface area contributed by atoms with Crippen molar-refractivity contribution in [3.05, 3.63) is 0 Å². The first-order chi connectivity index (χ1) is 11.1. The van der Waals surface area contributed by atoms with E-state index < -0.39 is 5.97 Å². The highest BCUT2D eigenvalue weighted by atomic mass is 16.5. The minimum atomic E-state index is -0.809. The highest BCUT2D eigenvalue weighted by Gasteiger charge is 2.03. The van der Waals surface area contributed by atoms with E-state index in [1.165, 1.54) is 32.1 Å². The van der Waals surface area contributed by atoms with Crippen LogP contribution in [-0.2, 0) is 14.3 Å². The van der Waals surface area contributed by atoms with Gasteiger partial charge in [-0.25, -0.2) is 0 Å². The molecule has 3 N–H and O–H groups in total. The highest BCUT2D eigenvalue weighted by Crippen LogP contribution is 2.07. The molecule has 0 unspecified atom stereocenters. The van der Waals surface area contributed by atoms with E-state index in [-0.39, 0.29) is 25.6 Å². The molecule has 6 nitrogen and oxygen atoms in total. The van der Waals surface area contributed by atoms with Gasteiger partial charge in [0.05, 0.1) is 19.8 Å². The number of aliphatic hydroxyl groups is 2. The normalized spacial score (nSPS) is 9.87. The lowest BCUT2D eigenvalue weighted by atomic mass is 10.1. The third kappa shape index (κ3) is 26.1. The van der Waals surface area contributed by atoms with Crippen molar-refractivity contribution in [2.75, 3.05) is 19.8 Å². The van der Waals surface area contributed by atoms with Gasteiger partial charge < -0.3 is 20.1 Å². The SMILES string of the molecule is CCCCCCCCCOC(=O)CCCCC(=O)O.OCCO. The van der Waals surface area contributed by atoms with Crippen LogP contribution in [0.5, 0.6) is 0 Å². The second-order valence-corrected chi connectivity index (χ2v) is 5.39. The summed E-state index contributed by atoms with van der Waals surface area (Å²) < 4.78 is 5.09. The summed E-state index contributed by atoms with van der Waals surface area (Å²) in [6.07, 6.45) is 10.0. The molecule has 0 aromatic rings. The summed E-state index contributed by atoms with van der Waals surface area (Å²) >= 11 is 0. The number of aliphatic carboxylic acids is 1. The zero-order valence-electron chi connectivity index (χ0n) is 14.5. The zero-order valence-corrected chi connectivity index (χ0v) is 14.5. The maximum absolute atomic E-state index is 11.3. The molecule has 0 saturated heterocycles. The van der Waals surface area contributed by atoms with Crippen molar-refractivity contribution >= 4 is 11.9 Å². The Balaban J connectivity index is 0. The molecule has 0 atom stereocenters. The Bertz CT molecular complexity index is 266. The summed E-state index contributed by atoms with van der Waals surface area (Å²) in [5, 5.41) is 23.7. The molecular weight excluding hydrogens is 300 g/mol. The molecule has 0 saturated carbocycles. The number of carbonyl (C=O) groups excluding carboxylic acids is 1. The molecule has 0 aromatic carbocycles. The van der Waals surface area contributed by atoms with Crippen molar-refractivity contribution in [1.29, 1.82) is 0 Å². The Labute approximate surface area is 139 Å². The molecule has 0 aliphatic heterocycles. The van der Waals surface area contributed by atoms with E-state index in [0.717, 1.165) is 12.8 Å². The van der Waals surface area contributed by atoms with Crippen LogP contribution < -0.4 is 0 Å². The van der Waals surface area contributed by atoms with Gasteiger partial charge in [-0.1, -0.05) is 45.4 Å². The second kappa shape index (κ2) is 20.9. The number of aliphatic hydroxyl groups excluding tert-OH is 2. The summed E-state index contributed by atoms with van der Waals surface area (Å²) in [4.78, 5) is 21.6. The minimum absolute atomic E-state index is 0.125. The molecule has 0 bridgehead atoms. The average molecular weight is 334 g/mol. The molecule has 0 spiro atoms. The van der Waals surface area contributed by atoms with Gasteiger partial charge in [0.2, 0.25) is 0 Å². The summed E-state index contributed by atoms with van der Waals surface area (Å²) in [5.74, 6) is -1.01. The molecule has 0 radical (unpaired) electrons. The average Bonchev–Trinajstić information content (AvgIpc) is 2.54. The lowest BCUT2D eigenvalue weighted by molar-refractivity contribution is -0.144. The van der Waals surface area contributed by atoms with Crippen LogP contribution in [0.15, 0.2) is 0 Å². The van der Waals surface area contributed by atoms with Crippen molar-refractivity contribution in [1.82, 2.24) is 0 Å². The minimum Gasteiger partial charge on any atom is -0.481 e. The third-order valence-corrected chi connectivity index (χ3v) is 3.13. The Hall–Kier alpha value is -1.14. The quantitative estimate of drug-likeness (QED) is 0.333. The fourth-order valence-electron chi connectivity index (χ4n) is 1.86. The van der Waals surface area contributed by atoms with Crippen LogP contribution >= 0.6 is 0 Å². The molecule has 23 heavy (non-hydrogen) atoms. The summed E-state index contributed by atoms with van der Waals surface area (Å²) in [5.41, 5.74) is 0. The zero-order chi connectivity index (χ0) is 17.8. The lowest BCUT2D eigenvalue weighted by Crippen LogP contribution is -2.06. The number of carbonyl (C=O) groups is 2. The van der Waals surface area contributed by atoms with Gasteiger partial charge in [0.1, 0.15) is 0 Å². The molecule has 0 aromatic heterocycles. The number of esters is 1. The van der Waals surface area contributed by atoms with E-state index in [2.05, 4.69) is 6.92 Å². The molecular formula is C17H34O6. The van der Waals surface area contributed by atoms with Gasteiger partial charge >= 0.3 is 11.9 Å². The smallest absolute Gasteiger partial charge is 0.305 e. The fraction of sp³-hybridized carbons (Fsp3) is 0.882. The monoisotopic (exact) mass is 334 g/mol.